The van der Waals surface area contributed by atoms with Crippen molar-refractivity contribution in [3.8, 4) is 0 Å². The average Bonchev–Trinajstić information content (AvgIpc) is 2.48. The largest absolute Gasteiger partial charge is 0.299 e. The fraction of sp³-hybridized carbons (Fsp3) is 0.647. The van der Waals surface area contributed by atoms with Crippen molar-refractivity contribution in [3.63, 3.8) is 0 Å². The SMILES string of the molecule is CCCCC1CCC(C(=O)Cc2ccc(Br)cn2)CC1. The molecule has 0 radical (unpaired) electrons. The van der Waals surface area contributed by atoms with E-state index in [9.17, 15) is 4.79 Å². The lowest BCUT2D eigenvalue weighted by Crippen LogP contribution is -2.23. The maximum Gasteiger partial charge on any atom is 0.141 e. The summed E-state index contributed by atoms with van der Waals surface area (Å²) in [5.74, 6) is 1.52. The Morgan fingerprint density at radius 1 is 1.30 bits per heavy atom. The van der Waals surface area contributed by atoms with Crippen molar-refractivity contribution in [2.24, 2.45) is 11.8 Å². The van der Waals surface area contributed by atoms with E-state index in [1.54, 1.807) is 6.20 Å². The lowest BCUT2D eigenvalue weighted by atomic mass is 9.77. The van der Waals surface area contributed by atoms with Gasteiger partial charge in [-0.2, -0.15) is 0 Å². The van der Waals surface area contributed by atoms with Crippen molar-refractivity contribution in [1.29, 1.82) is 0 Å². The molecular weight excluding hydrogens is 314 g/mol. The number of carbonyl (C=O) groups excluding carboxylic acids is 1. The molecule has 20 heavy (non-hydrogen) atoms. The number of hydrogen-bond acceptors (Lipinski definition) is 2. The van der Waals surface area contributed by atoms with Gasteiger partial charge in [-0.25, -0.2) is 0 Å². The number of nitrogens with zero attached hydrogens (tertiary/aromatic N) is 1. The standard InChI is InChI=1S/C17H24BrNO/c1-2-3-4-13-5-7-14(8-6-13)17(20)11-16-10-9-15(18)12-19-16/h9-10,12-14H,2-8,11H2,1H3. The number of halogens is 1. The first kappa shape index (κ1) is 15.7. The summed E-state index contributed by atoms with van der Waals surface area (Å²) in [5, 5.41) is 0. The van der Waals surface area contributed by atoms with E-state index in [0.29, 0.717) is 12.2 Å². The van der Waals surface area contributed by atoms with Crippen LogP contribution in [0.5, 0.6) is 0 Å². The molecule has 1 heterocycles. The number of unbranched alkanes of at least 4 members (excludes halogenated alkanes) is 1. The van der Waals surface area contributed by atoms with Gasteiger partial charge in [0.05, 0.1) is 0 Å². The van der Waals surface area contributed by atoms with Gasteiger partial charge in [0.1, 0.15) is 5.78 Å². The van der Waals surface area contributed by atoms with Crippen molar-refractivity contribution in [2.45, 2.75) is 58.3 Å². The number of pyridine rings is 1. The predicted octanol–water partition coefficient (Wildman–Crippen LogP) is 4.95. The zero-order valence-electron chi connectivity index (χ0n) is 12.3. The minimum atomic E-state index is 0.276. The van der Waals surface area contributed by atoms with Crippen molar-refractivity contribution >= 4 is 21.7 Å². The van der Waals surface area contributed by atoms with Crippen LogP contribution in [0.15, 0.2) is 22.8 Å². The molecule has 2 rings (SSSR count). The predicted molar refractivity (Wildman–Crippen MR) is 85.6 cm³/mol. The van der Waals surface area contributed by atoms with Gasteiger partial charge in [-0.3, -0.25) is 9.78 Å². The van der Waals surface area contributed by atoms with E-state index in [4.69, 9.17) is 0 Å². The monoisotopic (exact) mass is 337 g/mol. The fourth-order valence-corrected chi connectivity index (χ4v) is 3.33. The lowest BCUT2D eigenvalue weighted by molar-refractivity contribution is -0.123. The quantitative estimate of drug-likeness (QED) is 0.734. The highest BCUT2D eigenvalue weighted by molar-refractivity contribution is 9.10. The van der Waals surface area contributed by atoms with E-state index in [2.05, 4.69) is 27.8 Å². The van der Waals surface area contributed by atoms with Gasteiger partial charge in [-0.15, -0.1) is 0 Å². The van der Waals surface area contributed by atoms with Crippen LogP contribution in [0.1, 0.15) is 57.6 Å². The Bertz CT molecular complexity index is 421. The Morgan fingerprint density at radius 2 is 2.05 bits per heavy atom. The molecule has 1 aliphatic carbocycles. The van der Waals surface area contributed by atoms with Crippen LogP contribution in [-0.4, -0.2) is 10.8 Å². The van der Waals surface area contributed by atoms with Crippen LogP contribution in [0.25, 0.3) is 0 Å². The van der Waals surface area contributed by atoms with Gasteiger partial charge in [-0.1, -0.05) is 26.2 Å². The average molecular weight is 338 g/mol. The second-order valence-electron chi connectivity index (χ2n) is 5.97. The van der Waals surface area contributed by atoms with Crippen molar-refractivity contribution < 1.29 is 4.79 Å². The second-order valence-corrected chi connectivity index (χ2v) is 6.89. The van der Waals surface area contributed by atoms with Crippen LogP contribution < -0.4 is 0 Å². The van der Waals surface area contributed by atoms with E-state index < -0.39 is 0 Å². The van der Waals surface area contributed by atoms with Gasteiger partial charge in [0.2, 0.25) is 0 Å². The highest BCUT2D eigenvalue weighted by Gasteiger charge is 2.25. The molecule has 1 saturated carbocycles. The molecule has 0 bridgehead atoms. The minimum absolute atomic E-state index is 0.276. The summed E-state index contributed by atoms with van der Waals surface area (Å²) in [7, 11) is 0. The molecule has 0 aliphatic heterocycles. The molecule has 2 nitrogen and oxygen atoms in total. The molecule has 0 amide bonds. The summed E-state index contributed by atoms with van der Waals surface area (Å²) < 4.78 is 0.963. The summed E-state index contributed by atoms with van der Waals surface area (Å²) in [5.41, 5.74) is 0.895. The molecule has 1 aliphatic rings. The zero-order valence-corrected chi connectivity index (χ0v) is 13.9. The lowest BCUT2D eigenvalue weighted by Gasteiger charge is -2.27. The molecular formula is C17H24BrNO. The van der Waals surface area contributed by atoms with E-state index in [-0.39, 0.29) is 5.92 Å². The summed E-state index contributed by atoms with van der Waals surface area (Å²) in [6, 6.07) is 3.89. The topological polar surface area (TPSA) is 30.0 Å². The first-order chi connectivity index (χ1) is 9.69. The van der Waals surface area contributed by atoms with Crippen LogP contribution in [0.4, 0.5) is 0 Å². The van der Waals surface area contributed by atoms with Crippen LogP contribution in [-0.2, 0) is 11.2 Å². The summed E-state index contributed by atoms with van der Waals surface area (Å²) in [6.07, 6.45) is 10.9. The van der Waals surface area contributed by atoms with Crippen molar-refractivity contribution in [2.75, 3.05) is 0 Å². The number of rotatable bonds is 6. The highest BCUT2D eigenvalue weighted by Crippen LogP contribution is 2.32. The molecule has 3 heteroatoms. The number of hydrogen-bond donors (Lipinski definition) is 0. The van der Waals surface area contributed by atoms with Gasteiger partial charge in [0.25, 0.3) is 0 Å². The Kier molecular flexibility index (Phi) is 6.21. The Hall–Kier alpha value is -0.700. The van der Waals surface area contributed by atoms with E-state index >= 15 is 0 Å². The first-order valence-electron chi connectivity index (χ1n) is 7.82. The van der Waals surface area contributed by atoms with E-state index in [1.165, 1.54) is 32.1 Å². The highest BCUT2D eigenvalue weighted by atomic mass is 79.9. The molecule has 0 aromatic carbocycles. The molecule has 0 unspecified atom stereocenters. The van der Waals surface area contributed by atoms with E-state index in [0.717, 1.165) is 28.9 Å². The van der Waals surface area contributed by atoms with Gasteiger partial charge in [0, 0.05) is 28.7 Å². The third kappa shape index (κ3) is 4.69. The molecule has 0 saturated heterocycles. The van der Waals surface area contributed by atoms with Gasteiger partial charge < -0.3 is 0 Å². The van der Waals surface area contributed by atoms with Gasteiger partial charge in [0.15, 0.2) is 0 Å². The fourth-order valence-electron chi connectivity index (χ4n) is 3.10. The van der Waals surface area contributed by atoms with Gasteiger partial charge >= 0.3 is 0 Å². The molecule has 1 aromatic heterocycles. The third-order valence-corrected chi connectivity index (χ3v) is 4.88. The van der Waals surface area contributed by atoms with Crippen LogP contribution in [0, 0.1) is 11.8 Å². The Morgan fingerprint density at radius 3 is 2.65 bits per heavy atom. The third-order valence-electron chi connectivity index (χ3n) is 4.41. The number of ketones is 1. The van der Waals surface area contributed by atoms with Crippen LogP contribution in [0.3, 0.4) is 0 Å². The van der Waals surface area contributed by atoms with Crippen LogP contribution >= 0.6 is 15.9 Å². The summed E-state index contributed by atoms with van der Waals surface area (Å²) >= 11 is 3.37. The van der Waals surface area contributed by atoms with Crippen LogP contribution in [0.2, 0.25) is 0 Å². The maximum absolute atomic E-state index is 12.3. The normalized spacial score (nSPS) is 22.7. The maximum atomic E-state index is 12.3. The second kappa shape index (κ2) is 7.92. The van der Waals surface area contributed by atoms with Crippen molar-refractivity contribution in [1.82, 2.24) is 4.98 Å². The smallest absolute Gasteiger partial charge is 0.141 e. The van der Waals surface area contributed by atoms with E-state index in [1.807, 2.05) is 12.1 Å². The molecule has 0 atom stereocenters. The number of Topliss-reactive ketones (excluding diaryl/α,β-unsaturated/α-hetero) is 1. The van der Waals surface area contributed by atoms with Crippen molar-refractivity contribution in [3.05, 3.63) is 28.5 Å². The Labute approximate surface area is 130 Å². The Balaban J connectivity index is 1.78. The first-order valence-corrected chi connectivity index (χ1v) is 8.61. The minimum Gasteiger partial charge on any atom is -0.299 e. The summed E-state index contributed by atoms with van der Waals surface area (Å²) in [6.45, 7) is 2.25. The molecule has 1 aromatic rings. The zero-order chi connectivity index (χ0) is 14.4. The molecule has 110 valence electrons. The van der Waals surface area contributed by atoms with Gasteiger partial charge in [-0.05, 0) is 59.7 Å². The summed E-state index contributed by atoms with van der Waals surface area (Å²) in [4.78, 5) is 16.6. The number of carbonyl (C=O) groups is 1. The molecule has 0 N–H and O–H groups in total. The molecule has 1 fully saturated rings. The number of aromatic nitrogens is 1. The molecule has 0 spiro atoms.